The minimum absolute atomic E-state index is 0.153. The van der Waals surface area contributed by atoms with Crippen LogP contribution in [0.3, 0.4) is 0 Å². The molecule has 4 rings (SSSR count). The molecule has 0 radical (unpaired) electrons. The molecule has 28 heavy (non-hydrogen) atoms. The van der Waals surface area contributed by atoms with E-state index in [4.69, 9.17) is 9.47 Å². The van der Waals surface area contributed by atoms with Gasteiger partial charge < -0.3 is 14.4 Å². The van der Waals surface area contributed by atoms with Gasteiger partial charge in [0, 0.05) is 13.0 Å². The van der Waals surface area contributed by atoms with Gasteiger partial charge in [0.15, 0.2) is 5.54 Å². The molecule has 146 valence electrons. The van der Waals surface area contributed by atoms with Crippen LogP contribution in [0.25, 0.3) is 10.8 Å². The number of nitrogens with zero attached hydrogens (tertiary/aromatic N) is 1. The molecule has 0 saturated carbocycles. The minimum atomic E-state index is -1.40. The highest BCUT2D eigenvalue weighted by molar-refractivity contribution is 6.03. The smallest absolute Gasteiger partial charge is 0.333 e. The van der Waals surface area contributed by atoms with Gasteiger partial charge in [-0.1, -0.05) is 24.3 Å². The summed E-state index contributed by atoms with van der Waals surface area (Å²) in [5.74, 6) is -1.25. The molecule has 0 aromatic heterocycles. The first-order chi connectivity index (χ1) is 13.4. The molecule has 0 bridgehead atoms. The first-order valence-electron chi connectivity index (χ1n) is 9.48. The SMILES string of the molecule is CCOC(=O)[C@@]1(C)c2cc3ccccc3cc2CN2C(=O)CC[C@@]21C(=O)OC. The number of hydrogen-bond acceptors (Lipinski definition) is 5. The Morgan fingerprint density at radius 3 is 2.46 bits per heavy atom. The van der Waals surface area contributed by atoms with Gasteiger partial charge in [0.25, 0.3) is 0 Å². The Balaban J connectivity index is 2.06. The Morgan fingerprint density at radius 1 is 1.14 bits per heavy atom. The van der Waals surface area contributed by atoms with E-state index in [1.54, 1.807) is 13.8 Å². The summed E-state index contributed by atoms with van der Waals surface area (Å²) < 4.78 is 10.6. The van der Waals surface area contributed by atoms with E-state index in [1.807, 2.05) is 36.4 Å². The molecule has 6 nitrogen and oxygen atoms in total. The van der Waals surface area contributed by atoms with Gasteiger partial charge in [-0.3, -0.25) is 9.59 Å². The van der Waals surface area contributed by atoms with E-state index in [1.165, 1.54) is 12.0 Å². The van der Waals surface area contributed by atoms with Crippen molar-refractivity contribution in [3.63, 3.8) is 0 Å². The number of ether oxygens (including phenoxy) is 2. The van der Waals surface area contributed by atoms with Crippen molar-refractivity contribution >= 4 is 28.6 Å². The van der Waals surface area contributed by atoms with Crippen molar-refractivity contribution in [2.45, 2.75) is 44.2 Å². The second-order valence-electron chi connectivity index (χ2n) is 7.53. The number of fused-ring (bicyclic) bond motifs is 3. The summed E-state index contributed by atoms with van der Waals surface area (Å²) in [5.41, 5.74) is -1.19. The van der Waals surface area contributed by atoms with E-state index >= 15 is 0 Å². The molecule has 6 heteroatoms. The Morgan fingerprint density at radius 2 is 1.82 bits per heavy atom. The molecule has 0 N–H and O–H groups in total. The van der Waals surface area contributed by atoms with Gasteiger partial charge in [0.1, 0.15) is 5.41 Å². The lowest BCUT2D eigenvalue weighted by molar-refractivity contribution is -0.175. The number of benzene rings is 2. The van der Waals surface area contributed by atoms with E-state index in [2.05, 4.69) is 0 Å². The van der Waals surface area contributed by atoms with Crippen molar-refractivity contribution < 1.29 is 23.9 Å². The first-order valence-corrected chi connectivity index (χ1v) is 9.48. The van der Waals surface area contributed by atoms with Crippen LogP contribution in [0.5, 0.6) is 0 Å². The Hall–Kier alpha value is -2.89. The molecule has 0 unspecified atom stereocenters. The zero-order valence-corrected chi connectivity index (χ0v) is 16.3. The third-order valence-corrected chi connectivity index (χ3v) is 6.34. The van der Waals surface area contributed by atoms with E-state index in [0.717, 1.165) is 21.9 Å². The highest BCUT2D eigenvalue weighted by Gasteiger charge is 2.69. The zero-order chi connectivity index (χ0) is 20.1. The van der Waals surface area contributed by atoms with Gasteiger partial charge in [-0.05, 0) is 54.3 Å². The number of rotatable bonds is 3. The number of esters is 2. The maximum atomic E-state index is 13.3. The van der Waals surface area contributed by atoms with E-state index < -0.39 is 22.9 Å². The molecule has 1 saturated heterocycles. The van der Waals surface area contributed by atoms with Crippen LogP contribution < -0.4 is 0 Å². The quantitative estimate of drug-likeness (QED) is 0.765. The summed E-state index contributed by atoms with van der Waals surface area (Å²) >= 11 is 0. The van der Waals surface area contributed by atoms with Crippen LogP contribution in [0.4, 0.5) is 0 Å². The molecular weight excluding hydrogens is 358 g/mol. The second kappa shape index (κ2) is 6.33. The van der Waals surface area contributed by atoms with Crippen molar-refractivity contribution in [2.75, 3.05) is 13.7 Å². The number of carbonyl (C=O) groups excluding carboxylic acids is 3. The average molecular weight is 381 g/mol. The van der Waals surface area contributed by atoms with Crippen LogP contribution in [-0.4, -0.2) is 42.0 Å². The summed E-state index contributed by atoms with van der Waals surface area (Å²) in [6.45, 7) is 3.89. The molecule has 2 aliphatic rings. The topological polar surface area (TPSA) is 72.9 Å². The first kappa shape index (κ1) is 18.5. The van der Waals surface area contributed by atoms with Crippen LogP contribution in [0.2, 0.25) is 0 Å². The summed E-state index contributed by atoms with van der Waals surface area (Å²) in [6.07, 6.45) is 0.414. The summed E-state index contributed by atoms with van der Waals surface area (Å²) in [5, 5.41) is 1.99. The zero-order valence-electron chi connectivity index (χ0n) is 16.3. The number of hydrogen-bond donors (Lipinski definition) is 0. The lowest BCUT2D eigenvalue weighted by Crippen LogP contribution is -2.69. The molecule has 1 fully saturated rings. The molecule has 0 aliphatic carbocycles. The van der Waals surface area contributed by atoms with Crippen molar-refractivity contribution in [3.05, 3.63) is 47.5 Å². The predicted molar refractivity (Wildman–Crippen MR) is 102 cm³/mol. The van der Waals surface area contributed by atoms with Gasteiger partial charge in [0.05, 0.1) is 13.7 Å². The normalized spacial score (nSPS) is 26.0. The second-order valence-corrected chi connectivity index (χ2v) is 7.53. The summed E-state index contributed by atoms with van der Waals surface area (Å²) in [7, 11) is 1.29. The molecule has 2 aromatic carbocycles. The molecule has 1 amide bonds. The van der Waals surface area contributed by atoms with Crippen LogP contribution in [0.1, 0.15) is 37.8 Å². The molecular formula is C22H23NO5. The van der Waals surface area contributed by atoms with Crippen LogP contribution in [-0.2, 0) is 35.8 Å². The number of amides is 1. The van der Waals surface area contributed by atoms with Crippen molar-refractivity contribution in [1.82, 2.24) is 4.90 Å². The summed E-state index contributed by atoms with van der Waals surface area (Å²) in [6, 6.07) is 11.8. The Kier molecular flexibility index (Phi) is 4.17. The lowest BCUT2D eigenvalue weighted by atomic mass is 9.61. The lowest BCUT2D eigenvalue weighted by Gasteiger charge is -2.51. The van der Waals surface area contributed by atoms with Crippen LogP contribution in [0, 0.1) is 0 Å². The van der Waals surface area contributed by atoms with Gasteiger partial charge in [-0.2, -0.15) is 0 Å². The number of carbonyl (C=O) groups is 3. The van der Waals surface area contributed by atoms with Gasteiger partial charge >= 0.3 is 11.9 Å². The molecule has 2 aliphatic heterocycles. The fourth-order valence-corrected chi connectivity index (χ4v) is 4.93. The predicted octanol–water partition coefficient (Wildman–Crippen LogP) is 2.71. The van der Waals surface area contributed by atoms with Crippen molar-refractivity contribution in [3.8, 4) is 0 Å². The molecule has 0 spiro atoms. The highest BCUT2D eigenvalue weighted by atomic mass is 16.5. The Labute approximate surface area is 163 Å². The summed E-state index contributed by atoms with van der Waals surface area (Å²) in [4.78, 5) is 40.7. The van der Waals surface area contributed by atoms with Gasteiger partial charge in [0.2, 0.25) is 5.91 Å². The maximum Gasteiger partial charge on any atom is 0.333 e. The maximum absolute atomic E-state index is 13.3. The number of methoxy groups -OCH3 is 1. The van der Waals surface area contributed by atoms with E-state index in [0.29, 0.717) is 0 Å². The highest BCUT2D eigenvalue weighted by Crippen LogP contribution is 2.53. The average Bonchev–Trinajstić information content (AvgIpc) is 3.04. The largest absolute Gasteiger partial charge is 0.467 e. The van der Waals surface area contributed by atoms with Gasteiger partial charge in [-0.15, -0.1) is 0 Å². The third kappa shape index (κ3) is 2.17. The van der Waals surface area contributed by atoms with E-state index in [9.17, 15) is 14.4 Å². The monoisotopic (exact) mass is 381 g/mol. The fourth-order valence-electron chi connectivity index (χ4n) is 4.93. The standard InChI is InChI=1S/C22H23NO5/c1-4-28-19(25)21(2)17-12-15-8-6-5-7-14(15)11-16(17)13-23-18(24)9-10-22(21,23)20(26)27-3/h5-8,11-12H,4,9-10,13H2,1-3H3/t21-,22+/m1/s1. The van der Waals surface area contributed by atoms with E-state index in [-0.39, 0.29) is 31.9 Å². The molecule has 2 atom stereocenters. The molecule has 2 aromatic rings. The van der Waals surface area contributed by atoms with Crippen LogP contribution in [0.15, 0.2) is 36.4 Å². The van der Waals surface area contributed by atoms with Crippen molar-refractivity contribution in [1.29, 1.82) is 0 Å². The Bertz CT molecular complexity index is 1000. The van der Waals surface area contributed by atoms with Crippen LogP contribution >= 0.6 is 0 Å². The molecule has 2 heterocycles. The fraction of sp³-hybridized carbons (Fsp3) is 0.409. The van der Waals surface area contributed by atoms with Crippen molar-refractivity contribution in [2.24, 2.45) is 0 Å². The minimum Gasteiger partial charge on any atom is -0.467 e. The van der Waals surface area contributed by atoms with Gasteiger partial charge in [-0.25, -0.2) is 4.79 Å². The third-order valence-electron chi connectivity index (χ3n) is 6.34.